The Balaban J connectivity index is 1.32. The van der Waals surface area contributed by atoms with Crippen LogP contribution in [0.25, 0.3) is 0 Å². The van der Waals surface area contributed by atoms with Gasteiger partial charge in [0.2, 0.25) is 5.88 Å². The Morgan fingerprint density at radius 2 is 1.70 bits per heavy atom. The number of benzene rings is 4. The van der Waals surface area contributed by atoms with Gasteiger partial charge in [-0.15, -0.1) is 0 Å². The van der Waals surface area contributed by atoms with Crippen LogP contribution >= 0.6 is 0 Å². The van der Waals surface area contributed by atoms with Gasteiger partial charge in [-0.25, -0.2) is 4.79 Å². The van der Waals surface area contributed by atoms with Gasteiger partial charge in [0.05, 0.1) is 18.0 Å². The topological polar surface area (TPSA) is 156 Å². The predicted molar refractivity (Wildman–Crippen MR) is 158 cm³/mol. The van der Waals surface area contributed by atoms with Gasteiger partial charge >= 0.3 is 5.97 Å². The molecule has 0 spiro atoms. The molecular formula is C33H27N3O8. The lowest BCUT2D eigenvalue weighted by atomic mass is 9.83. The average Bonchev–Trinajstić information content (AvgIpc) is 3.03. The number of carbonyl (C=O) groups excluding carboxylic acids is 1. The van der Waals surface area contributed by atoms with Gasteiger partial charge in [-0.3, -0.25) is 10.1 Å². The first-order valence-corrected chi connectivity index (χ1v) is 13.4. The predicted octanol–water partition coefficient (Wildman–Crippen LogP) is 5.69. The lowest BCUT2D eigenvalue weighted by Gasteiger charge is -2.27. The molecule has 11 nitrogen and oxygen atoms in total. The van der Waals surface area contributed by atoms with Crippen LogP contribution in [-0.4, -0.2) is 24.6 Å². The molecule has 0 aliphatic carbocycles. The van der Waals surface area contributed by atoms with Crippen molar-refractivity contribution in [2.75, 3.05) is 13.7 Å². The minimum atomic E-state index is -0.706. The molecule has 5 rings (SSSR count). The number of rotatable bonds is 10. The first-order chi connectivity index (χ1) is 21.2. The number of hydrogen-bond acceptors (Lipinski definition) is 10. The molecule has 1 aliphatic rings. The fourth-order valence-electron chi connectivity index (χ4n) is 4.64. The quantitative estimate of drug-likeness (QED) is 0.105. The number of nitro benzene ring substituents is 1. The van der Waals surface area contributed by atoms with Crippen molar-refractivity contribution in [1.82, 2.24) is 0 Å². The number of nitrogens with zero attached hydrogens (tertiary/aromatic N) is 2. The monoisotopic (exact) mass is 593 g/mol. The van der Waals surface area contributed by atoms with Gasteiger partial charge in [0, 0.05) is 23.8 Å². The minimum Gasteiger partial charge on any atom is -0.493 e. The third kappa shape index (κ3) is 6.55. The molecule has 0 saturated carbocycles. The van der Waals surface area contributed by atoms with E-state index in [2.05, 4.69) is 6.07 Å². The molecule has 4 aromatic rings. The summed E-state index contributed by atoms with van der Waals surface area (Å²) in [4.78, 5) is 22.7. The van der Waals surface area contributed by atoms with Gasteiger partial charge in [0.1, 0.15) is 35.5 Å². The van der Waals surface area contributed by atoms with Crippen LogP contribution in [0.2, 0.25) is 0 Å². The number of fused-ring (bicyclic) bond motifs is 1. The van der Waals surface area contributed by atoms with Crippen molar-refractivity contribution in [2.45, 2.75) is 19.4 Å². The summed E-state index contributed by atoms with van der Waals surface area (Å²) in [5.74, 6) is 0.413. The van der Waals surface area contributed by atoms with Crippen molar-refractivity contribution in [3.05, 3.63) is 129 Å². The molecule has 0 aromatic heterocycles. The Morgan fingerprint density at radius 3 is 2.39 bits per heavy atom. The third-order valence-electron chi connectivity index (χ3n) is 6.86. The summed E-state index contributed by atoms with van der Waals surface area (Å²) in [5, 5.41) is 20.8. The number of hydrogen-bond donors (Lipinski definition) is 1. The molecule has 1 aliphatic heterocycles. The van der Waals surface area contributed by atoms with E-state index in [0.717, 1.165) is 16.7 Å². The fourth-order valence-corrected chi connectivity index (χ4v) is 4.64. The number of carbonyl (C=O) groups is 1. The number of nitro groups is 1. The summed E-state index contributed by atoms with van der Waals surface area (Å²) < 4.78 is 28.2. The Morgan fingerprint density at radius 1 is 0.977 bits per heavy atom. The maximum Gasteiger partial charge on any atom is 0.349 e. The second kappa shape index (κ2) is 12.9. The van der Waals surface area contributed by atoms with Crippen LogP contribution in [0.3, 0.4) is 0 Å². The molecule has 1 heterocycles. The van der Waals surface area contributed by atoms with Crippen LogP contribution in [0.15, 0.2) is 96.4 Å². The van der Waals surface area contributed by atoms with Crippen LogP contribution in [0, 0.1) is 28.4 Å². The highest BCUT2D eigenvalue weighted by Crippen LogP contribution is 2.45. The molecule has 1 unspecified atom stereocenters. The smallest absolute Gasteiger partial charge is 0.349 e. The summed E-state index contributed by atoms with van der Waals surface area (Å²) in [6.07, 6.45) is 0. The SMILES string of the molecule is COc1cc(C2C(C#N)=C(N)Oc3cc(OC(=O)COc4ccc([N+](=O)[O-])cc4)ccc32)ccc1OCc1ccc(C)cc1. The summed E-state index contributed by atoms with van der Waals surface area (Å²) in [6, 6.07) is 25.7. The van der Waals surface area contributed by atoms with E-state index >= 15 is 0 Å². The molecule has 0 bridgehead atoms. The zero-order chi connectivity index (χ0) is 31.2. The van der Waals surface area contributed by atoms with E-state index in [1.54, 1.807) is 24.3 Å². The third-order valence-corrected chi connectivity index (χ3v) is 6.86. The van der Waals surface area contributed by atoms with E-state index in [4.69, 9.17) is 29.4 Å². The van der Waals surface area contributed by atoms with Crippen molar-refractivity contribution >= 4 is 11.7 Å². The number of aryl methyl sites for hydroxylation is 1. The highest BCUT2D eigenvalue weighted by atomic mass is 16.6. The molecule has 0 amide bonds. The van der Waals surface area contributed by atoms with Gasteiger partial charge < -0.3 is 29.4 Å². The zero-order valence-electron chi connectivity index (χ0n) is 23.8. The number of ether oxygens (including phenoxy) is 5. The highest BCUT2D eigenvalue weighted by Gasteiger charge is 2.32. The molecule has 11 heteroatoms. The molecular weight excluding hydrogens is 566 g/mol. The fraction of sp³-hybridized carbons (Fsp3) is 0.152. The molecule has 1 atom stereocenters. The number of nitriles is 1. The van der Waals surface area contributed by atoms with Gasteiger partial charge in [-0.05, 0) is 48.4 Å². The summed E-state index contributed by atoms with van der Waals surface area (Å²) >= 11 is 0. The Labute approximate surface area is 252 Å². The maximum absolute atomic E-state index is 12.4. The van der Waals surface area contributed by atoms with Crippen LogP contribution in [0.4, 0.5) is 5.69 Å². The van der Waals surface area contributed by atoms with Crippen molar-refractivity contribution in [3.8, 4) is 34.8 Å². The number of allylic oxidation sites excluding steroid dienone is 1. The van der Waals surface area contributed by atoms with Crippen molar-refractivity contribution in [1.29, 1.82) is 5.26 Å². The van der Waals surface area contributed by atoms with Gasteiger partial charge in [-0.1, -0.05) is 42.0 Å². The van der Waals surface area contributed by atoms with E-state index in [9.17, 15) is 20.2 Å². The van der Waals surface area contributed by atoms with Gasteiger partial charge in [-0.2, -0.15) is 5.26 Å². The molecule has 44 heavy (non-hydrogen) atoms. The van der Waals surface area contributed by atoms with Crippen LogP contribution < -0.4 is 29.4 Å². The number of nitrogens with two attached hydrogens (primary N) is 1. The van der Waals surface area contributed by atoms with Crippen molar-refractivity contribution in [3.63, 3.8) is 0 Å². The minimum absolute atomic E-state index is 0.0753. The molecule has 0 saturated heterocycles. The van der Waals surface area contributed by atoms with Crippen LogP contribution in [-0.2, 0) is 11.4 Å². The van der Waals surface area contributed by atoms with E-state index in [1.165, 1.54) is 37.4 Å². The van der Waals surface area contributed by atoms with E-state index in [-0.39, 0.29) is 28.6 Å². The molecule has 2 N–H and O–H groups in total. The maximum atomic E-state index is 12.4. The van der Waals surface area contributed by atoms with E-state index in [1.807, 2.05) is 37.3 Å². The second-order valence-electron chi connectivity index (χ2n) is 9.82. The normalized spacial score (nSPS) is 13.6. The van der Waals surface area contributed by atoms with Crippen molar-refractivity contribution in [2.24, 2.45) is 5.73 Å². The number of esters is 1. The highest BCUT2D eigenvalue weighted by molar-refractivity contribution is 5.74. The summed E-state index contributed by atoms with van der Waals surface area (Å²) in [5.41, 5.74) is 9.80. The summed E-state index contributed by atoms with van der Waals surface area (Å²) in [7, 11) is 1.54. The molecule has 0 fully saturated rings. The molecule has 222 valence electrons. The largest absolute Gasteiger partial charge is 0.493 e. The molecule has 0 radical (unpaired) electrons. The Hall–Kier alpha value is -6.02. The molecule has 4 aromatic carbocycles. The zero-order valence-corrected chi connectivity index (χ0v) is 23.8. The Bertz CT molecular complexity index is 1780. The first kappa shape index (κ1) is 29.5. The van der Waals surface area contributed by atoms with Gasteiger partial charge in [0.25, 0.3) is 5.69 Å². The van der Waals surface area contributed by atoms with Crippen LogP contribution in [0.5, 0.6) is 28.7 Å². The first-order valence-electron chi connectivity index (χ1n) is 13.4. The van der Waals surface area contributed by atoms with Gasteiger partial charge in [0.15, 0.2) is 18.1 Å². The second-order valence-corrected chi connectivity index (χ2v) is 9.82. The standard InChI is InChI=1S/C33H27N3O8/c1-20-3-5-21(6-4-20)18-42-28-14-7-22(15-30(28)40-2)32-26-13-12-25(16-29(26)44-33(35)27(32)17-34)43-31(37)19-41-24-10-8-23(9-11-24)36(38)39/h3-16,32H,18-19,35H2,1-2H3. The lowest BCUT2D eigenvalue weighted by Crippen LogP contribution is -2.21. The van der Waals surface area contributed by atoms with E-state index < -0.39 is 23.4 Å². The summed E-state index contributed by atoms with van der Waals surface area (Å²) in [6.45, 7) is 1.94. The number of methoxy groups -OCH3 is 1. The van der Waals surface area contributed by atoms with Crippen molar-refractivity contribution < 1.29 is 33.4 Å². The van der Waals surface area contributed by atoms with E-state index in [0.29, 0.717) is 29.4 Å². The number of non-ortho nitro benzene ring substituents is 1. The van der Waals surface area contributed by atoms with Crippen LogP contribution in [0.1, 0.15) is 28.2 Å². The Kier molecular flexibility index (Phi) is 8.62. The lowest BCUT2D eigenvalue weighted by molar-refractivity contribution is -0.384. The average molecular weight is 594 g/mol.